The van der Waals surface area contributed by atoms with Gasteiger partial charge in [0.25, 0.3) is 0 Å². The molecule has 3 heteroatoms. The van der Waals surface area contributed by atoms with Crippen molar-refractivity contribution in [3.63, 3.8) is 0 Å². The highest BCUT2D eigenvalue weighted by Crippen LogP contribution is 2.44. The van der Waals surface area contributed by atoms with Gasteiger partial charge in [0.2, 0.25) is 0 Å². The molecular weight excluding hydrogens is 257 g/mol. The summed E-state index contributed by atoms with van der Waals surface area (Å²) < 4.78 is 14.9. The summed E-state index contributed by atoms with van der Waals surface area (Å²) in [6.07, 6.45) is 3.19. The number of benzene rings is 1. The first-order chi connectivity index (χ1) is 7.10. The van der Waals surface area contributed by atoms with Gasteiger partial charge in [-0.25, -0.2) is 4.39 Å². The lowest BCUT2D eigenvalue weighted by molar-refractivity contribution is 0.244. The van der Waals surface area contributed by atoms with Gasteiger partial charge in [-0.05, 0) is 37.0 Å². The smallest absolute Gasteiger partial charge is 0.131 e. The zero-order valence-electron chi connectivity index (χ0n) is 8.82. The van der Waals surface area contributed by atoms with E-state index in [1.54, 1.807) is 6.92 Å². The molecule has 1 aromatic rings. The van der Waals surface area contributed by atoms with Crippen LogP contribution in [-0.2, 0) is 5.41 Å². The van der Waals surface area contributed by atoms with Crippen LogP contribution in [0.2, 0.25) is 0 Å². The molecule has 0 atom stereocenters. The monoisotopic (exact) mass is 271 g/mol. The van der Waals surface area contributed by atoms with Crippen LogP contribution in [0, 0.1) is 12.7 Å². The number of hydrogen-bond acceptors (Lipinski definition) is 1. The maximum Gasteiger partial charge on any atom is 0.131 e. The minimum Gasteiger partial charge on any atom is -0.330 e. The van der Waals surface area contributed by atoms with E-state index in [9.17, 15) is 4.39 Å². The molecule has 2 N–H and O–H groups in total. The summed E-state index contributed by atoms with van der Waals surface area (Å²) in [6, 6.07) is 3.79. The average molecular weight is 272 g/mol. The van der Waals surface area contributed by atoms with E-state index in [-0.39, 0.29) is 11.2 Å². The molecule has 2 rings (SSSR count). The largest absolute Gasteiger partial charge is 0.330 e. The number of nitrogens with two attached hydrogens (primary N) is 1. The highest BCUT2D eigenvalue weighted by atomic mass is 79.9. The molecule has 0 bridgehead atoms. The Morgan fingerprint density at radius 2 is 2.13 bits per heavy atom. The Morgan fingerprint density at radius 3 is 2.60 bits per heavy atom. The molecule has 1 aliphatic carbocycles. The summed E-state index contributed by atoms with van der Waals surface area (Å²) in [5.74, 6) is -0.0884. The molecule has 1 saturated carbocycles. The Balaban J connectivity index is 2.49. The predicted molar refractivity (Wildman–Crippen MR) is 63.4 cm³/mol. The van der Waals surface area contributed by atoms with Gasteiger partial charge in [-0.3, -0.25) is 0 Å². The molecule has 1 aliphatic rings. The van der Waals surface area contributed by atoms with E-state index >= 15 is 0 Å². The molecule has 82 valence electrons. The second-order valence-corrected chi connectivity index (χ2v) is 5.23. The summed E-state index contributed by atoms with van der Waals surface area (Å²) >= 11 is 3.34. The van der Waals surface area contributed by atoms with E-state index in [1.807, 2.05) is 12.1 Å². The normalized spacial score (nSPS) is 18.7. The van der Waals surface area contributed by atoms with Crippen molar-refractivity contribution in [1.82, 2.24) is 0 Å². The quantitative estimate of drug-likeness (QED) is 0.878. The Bertz CT molecular complexity index is 380. The third kappa shape index (κ3) is 1.62. The van der Waals surface area contributed by atoms with E-state index in [1.165, 1.54) is 0 Å². The van der Waals surface area contributed by atoms with E-state index in [0.717, 1.165) is 29.3 Å². The molecule has 0 unspecified atom stereocenters. The van der Waals surface area contributed by atoms with Gasteiger partial charge in [-0.2, -0.15) is 0 Å². The Hall–Kier alpha value is -0.410. The predicted octanol–water partition coefficient (Wildman–Crippen LogP) is 3.28. The molecule has 0 aliphatic heterocycles. The fraction of sp³-hybridized carbons (Fsp3) is 0.500. The number of hydrogen-bond donors (Lipinski definition) is 1. The van der Waals surface area contributed by atoms with Gasteiger partial charge in [-0.1, -0.05) is 28.4 Å². The zero-order valence-corrected chi connectivity index (χ0v) is 10.4. The molecule has 0 saturated heterocycles. The fourth-order valence-electron chi connectivity index (χ4n) is 2.26. The van der Waals surface area contributed by atoms with E-state index < -0.39 is 0 Å². The van der Waals surface area contributed by atoms with Crippen LogP contribution in [0.1, 0.15) is 30.4 Å². The maximum absolute atomic E-state index is 14.1. The minimum atomic E-state index is -0.0884. The van der Waals surface area contributed by atoms with Crippen molar-refractivity contribution < 1.29 is 4.39 Å². The average Bonchev–Trinajstić information content (AvgIpc) is 2.17. The lowest BCUT2D eigenvalue weighted by Gasteiger charge is -2.41. The summed E-state index contributed by atoms with van der Waals surface area (Å²) in [7, 11) is 0. The summed E-state index contributed by atoms with van der Waals surface area (Å²) in [6.45, 7) is 2.34. The van der Waals surface area contributed by atoms with Gasteiger partial charge in [0.1, 0.15) is 5.82 Å². The summed E-state index contributed by atoms with van der Waals surface area (Å²) in [4.78, 5) is 0. The Labute approximate surface area is 98.0 Å². The van der Waals surface area contributed by atoms with Gasteiger partial charge in [0.15, 0.2) is 0 Å². The van der Waals surface area contributed by atoms with Gasteiger partial charge < -0.3 is 5.73 Å². The van der Waals surface area contributed by atoms with Crippen LogP contribution in [0.25, 0.3) is 0 Å². The molecule has 0 spiro atoms. The van der Waals surface area contributed by atoms with Crippen LogP contribution in [0.5, 0.6) is 0 Å². The Morgan fingerprint density at radius 1 is 1.47 bits per heavy atom. The first kappa shape index (κ1) is 11.1. The Kier molecular flexibility index (Phi) is 2.86. The molecule has 0 amide bonds. The maximum atomic E-state index is 14.1. The van der Waals surface area contributed by atoms with E-state index in [4.69, 9.17) is 5.73 Å². The molecule has 0 heterocycles. The van der Waals surface area contributed by atoms with Crippen molar-refractivity contribution in [2.24, 2.45) is 5.73 Å². The summed E-state index contributed by atoms with van der Waals surface area (Å²) in [5, 5.41) is 0. The van der Waals surface area contributed by atoms with Crippen LogP contribution in [0.15, 0.2) is 16.6 Å². The molecule has 1 fully saturated rings. The highest BCUT2D eigenvalue weighted by molar-refractivity contribution is 9.10. The second kappa shape index (κ2) is 3.87. The van der Waals surface area contributed by atoms with Crippen molar-refractivity contribution in [1.29, 1.82) is 0 Å². The third-order valence-corrected chi connectivity index (χ3v) is 4.45. The lowest BCUT2D eigenvalue weighted by Crippen LogP contribution is -2.42. The third-order valence-electron chi connectivity index (χ3n) is 3.59. The first-order valence-electron chi connectivity index (χ1n) is 5.26. The molecule has 15 heavy (non-hydrogen) atoms. The van der Waals surface area contributed by atoms with Gasteiger partial charge in [0, 0.05) is 16.4 Å². The summed E-state index contributed by atoms with van der Waals surface area (Å²) in [5.41, 5.74) is 7.18. The van der Waals surface area contributed by atoms with E-state index in [2.05, 4.69) is 15.9 Å². The highest BCUT2D eigenvalue weighted by Gasteiger charge is 2.39. The van der Waals surface area contributed by atoms with Crippen LogP contribution >= 0.6 is 15.9 Å². The SMILES string of the molecule is Cc1c(Br)ccc(C2(CN)CCC2)c1F. The number of halogens is 2. The van der Waals surface area contributed by atoms with Crippen molar-refractivity contribution in [3.05, 3.63) is 33.5 Å². The molecule has 0 aromatic heterocycles. The molecule has 1 nitrogen and oxygen atoms in total. The molecule has 1 aromatic carbocycles. The van der Waals surface area contributed by atoms with Crippen LogP contribution in [0.3, 0.4) is 0 Å². The van der Waals surface area contributed by atoms with Gasteiger partial charge in [0.05, 0.1) is 0 Å². The van der Waals surface area contributed by atoms with Gasteiger partial charge >= 0.3 is 0 Å². The van der Waals surface area contributed by atoms with E-state index in [0.29, 0.717) is 12.1 Å². The lowest BCUT2D eigenvalue weighted by atomic mass is 9.64. The fourth-order valence-corrected chi connectivity index (χ4v) is 2.56. The van der Waals surface area contributed by atoms with Crippen LogP contribution in [-0.4, -0.2) is 6.54 Å². The zero-order chi connectivity index (χ0) is 11.1. The first-order valence-corrected chi connectivity index (χ1v) is 6.05. The van der Waals surface area contributed by atoms with Crippen molar-refractivity contribution >= 4 is 15.9 Å². The topological polar surface area (TPSA) is 26.0 Å². The molecular formula is C12H15BrFN. The minimum absolute atomic E-state index is 0.0878. The van der Waals surface area contributed by atoms with Crippen molar-refractivity contribution in [2.75, 3.05) is 6.54 Å². The van der Waals surface area contributed by atoms with Crippen molar-refractivity contribution in [2.45, 2.75) is 31.6 Å². The van der Waals surface area contributed by atoms with Gasteiger partial charge in [-0.15, -0.1) is 0 Å². The number of rotatable bonds is 2. The molecule has 0 radical (unpaired) electrons. The second-order valence-electron chi connectivity index (χ2n) is 4.37. The van der Waals surface area contributed by atoms with Crippen LogP contribution < -0.4 is 5.73 Å². The van der Waals surface area contributed by atoms with Crippen LogP contribution in [0.4, 0.5) is 4.39 Å². The standard InChI is InChI=1S/C12H15BrFN/c1-8-10(13)4-3-9(11(8)14)12(7-15)5-2-6-12/h3-4H,2,5-7,15H2,1H3. The van der Waals surface area contributed by atoms with Crippen molar-refractivity contribution in [3.8, 4) is 0 Å².